The van der Waals surface area contributed by atoms with Crippen molar-refractivity contribution in [2.24, 2.45) is 0 Å². The van der Waals surface area contributed by atoms with Crippen LogP contribution >= 0.6 is 0 Å². The first-order valence-electron chi connectivity index (χ1n) is 18.7. The Labute approximate surface area is 268 Å². The van der Waals surface area contributed by atoms with Crippen molar-refractivity contribution in [3.8, 4) is 0 Å². The number of esters is 2. The second-order valence-electron chi connectivity index (χ2n) is 13.0. The van der Waals surface area contributed by atoms with Gasteiger partial charge in [0.1, 0.15) is 13.2 Å². The molecule has 0 saturated carbocycles. The van der Waals surface area contributed by atoms with Crippen LogP contribution in [0.4, 0.5) is 0 Å². The van der Waals surface area contributed by atoms with Crippen LogP contribution in [0.2, 0.25) is 0 Å². The second kappa shape index (κ2) is 33.7. The van der Waals surface area contributed by atoms with Gasteiger partial charge in [0.25, 0.3) is 0 Å². The molecule has 256 valence electrons. The van der Waals surface area contributed by atoms with E-state index in [0.717, 1.165) is 45.2 Å². The van der Waals surface area contributed by atoms with Crippen molar-refractivity contribution in [3.05, 3.63) is 0 Å². The van der Waals surface area contributed by atoms with Gasteiger partial charge in [-0.3, -0.25) is 14.5 Å². The Morgan fingerprint density at radius 2 is 0.744 bits per heavy atom. The summed E-state index contributed by atoms with van der Waals surface area (Å²) in [5, 5.41) is 0. The first-order valence-corrected chi connectivity index (χ1v) is 18.7. The van der Waals surface area contributed by atoms with Crippen molar-refractivity contribution in [1.82, 2.24) is 9.80 Å². The molecule has 0 atom stereocenters. The van der Waals surface area contributed by atoms with Gasteiger partial charge in [-0.2, -0.15) is 0 Å². The highest BCUT2D eigenvalue weighted by molar-refractivity contribution is 5.69. The van der Waals surface area contributed by atoms with Crippen molar-refractivity contribution >= 4 is 11.9 Å². The number of hydrogen-bond acceptors (Lipinski definition) is 6. The Morgan fingerprint density at radius 3 is 1.07 bits per heavy atom. The molecule has 0 amide bonds. The molecule has 0 aliphatic heterocycles. The van der Waals surface area contributed by atoms with Crippen LogP contribution in [-0.4, -0.2) is 75.2 Å². The Bertz CT molecular complexity index is 555. The normalized spacial score (nSPS) is 11.5. The predicted octanol–water partition coefficient (Wildman–Crippen LogP) is 9.73. The lowest BCUT2D eigenvalue weighted by Crippen LogP contribution is -2.34. The third-order valence-corrected chi connectivity index (χ3v) is 8.39. The summed E-state index contributed by atoms with van der Waals surface area (Å²) in [4.78, 5) is 28.9. The Balaban J connectivity index is 3.89. The maximum absolute atomic E-state index is 12.2. The standard InChI is InChI=1S/C37H74N2O4/c1-5-7-9-11-13-15-17-19-21-23-25-28-36(40)42-34-32-39(31-27-30-38(3)4)33-35-43-37(41)29-26-24-22-20-18-16-14-12-10-8-6-2/h5-35H2,1-4H3. The van der Waals surface area contributed by atoms with Crippen molar-refractivity contribution in [1.29, 1.82) is 0 Å². The summed E-state index contributed by atoms with van der Waals surface area (Å²) in [6, 6.07) is 0. The van der Waals surface area contributed by atoms with Crippen LogP contribution in [0.25, 0.3) is 0 Å². The van der Waals surface area contributed by atoms with Crippen LogP contribution in [0, 0.1) is 0 Å². The lowest BCUT2D eigenvalue weighted by Gasteiger charge is -2.23. The number of carbonyl (C=O) groups is 2. The average molecular weight is 611 g/mol. The van der Waals surface area contributed by atoms with E-state index < -0.39 is 0 Å². The van der Waals surface area contributed by atoms with Crippen LogP contribution in [0.5, 0.6) is 0 Å². The quantitative estimate of drug-likeness (QED) is 0.0534. The van der Waals surface area contributed by atoms with Gasteiger partial charge in [-0.15, -0.1) is 0 Å². The summed E-state index contributed by atoms with van der Waals surface area (Å²) in [7, 11) is 4.16. The summed E-state index contributed by atoms with van der Waals surface area (Å²) < 4.78 is 11.1. The topological polar surface area (TPSA) is 59.1 Å². The number of hydrogen-bond donors (Lipinski definition) is 0. The van der Waals surface area contributed by atoms with E-state index >= 15 is 0 Å². The molecule has 0 aliphatic rings. The van der Waals surface area contributed by atoms with E-state index in [1.165, 1.54) is 116 Å². The fraction of sp³-hybridized carbons (Fsp3) is 0.946. The number of nitrogens with zero attached hydrogens (tertiary/aromatic N) is 2. The lowest BCUT2D eigenvalue weighted by atomic mass is 10.1. The van der Waals surface area contributed by atoms with Crippen molar-refractivity contribution < 1.29 is 19.1 Å². The molecule has 0 unspecified atom stereocenters. The van der Waals surface area contributed by atoms with Crippen LogP contribution < -0.4 is 0 Å². The van der Waals surface area contributed by atoms with E-state index in [-0.39, 0.29) is 11.9 Å². The van der Waals surface area contributed by atoms with E-state index in [4.69, 9.17) is 9.47 Å². The highest BCUT2D eigenvalue weighted by Crippen LogP contribution is 2.13. The minimum absolute atomic E-state index is 0.0810. The number of carbonyl (C=O) groups excluding carboxylic acids is 2. The van der Waals surface area contributed by atoms with E-state index in [9.17, 15) is 9.59 Å². The molecule has 6 nitrogen and oxygen atoms in total. The van der Waals surface area contributed by atoms with Crippen molar-refractivity contribution in [3.63, 3.8) is 0 Å². The van der Waals surface area contributed by atoms with Gasteiger partial charge in [-0.25, -0.2) is 0 Å². The molecule has 0 fully saturated rings. The third-order valence-electron chi connectivity index (χ3n) is 8.39. The van der Waals surface area contributed by atoms with Gasteiger partial charge in [-0.1, -0.05) is 142 Å². The zero-order valence-corrected chi connectivity index (χ0v) is 29.4. The van der Waals surface area contributed by atoms with Crippen LogP contribution in [-0.2, 0) is 19.1 Å². The highest BCUT2D eigenvalue weighted by atomic mass is 16.5. The van der Waals surface area contributed by atoms with E-state index in [1.54, 1.807) is 0 Å². The van der Waals surface area contributed by atoms with Crippen molar-refractivity contribution in [2.75, 3.05) is 53.5 Å². The molecular weight excluding hydrogens is 536 g/mol. The van der Waals surface area contributed by atoms with Gasteiger partial charge in [0, 0.05) is 25.9 Å². The van der Waals surface area contributed by atoms with E-state index in [0.29, 0.717) is 39.1 Å². The van der Waals surface area contributed by atoms with Crippen molar-refractivity contribution in [2.45, 2.75) is 174 Å². The van der Waals surface area contributed by atoms with Gasteiger partial charge in [0.05, 0.1) is 0 Å². The Morgan fingerprint density at radius 1 is 0.419 bits per heavy atom. The molecule has 0 radical (unpaired) electrons. The number of rotatable bonds is 34. The second-order valence-corrected chi connectivity index (χ2v) is 13.0. The SMILES string of the molecule is CCCCCCCCCCCCCC(=O)OCCN(CCCN(C)C)CCOC(=O)CCCCCCCCCCCCC. The summed E-state index contributed by atoms with van der Waals surface area (Å²) in [5.41, 5.74) is 0. The zero-order chi connectivity index (χ0) is 31.6. The van der Waals surface area contributed by atoms with Crippen LogP contribution in [0.3, 0.4) is 0 Å². The molecule has 0 aromatic carbocycles. The van der Waals surface area contributed by atoms with E-state index in [2.05, 4.69) is 37.7 Å². The molecule has 0 bridgehead atoms. The minimum atomic E-state index is -0.0810. The van der Waals surface area contributed by atoms with Crippen LogP contribution in [0.15, 0.2) is 0 Å². The Hall–Kier alpha value is -1.14. The maximum Gasteiger partial charge on any atom is 0.305 e. The molecule has 0 aliphatic carbocycles. The van der Waals surface area contributed by atoms with Gasteiger partial charge >= 0.3 is 11.9 Å². The highest BCUT2D eigenvalue weighted by Gasteiger charge is 2.10. The number of unbranched alkanes of at least 4 members (excludes halogenated alkanes) is 20. The first-order chi connectivity index (χ1) is 21.0. The smallest absolute Gasteiger partial charge is 0.305 e. The lowest BCUT2D eigenvalue weighted by molar-refractivity contribution is -0.144. The molecule has 0 spiro atoms. The van der Waals surface area contributed by atoms with Gasteiger partial charge < -0.3 is 14.4 Å². The van der Waals surface area contributed by atoms with Gasteiger partial charge in [0.15, 0.2) is 0 Å². The van der Waals surface area contributed by atoms with Gasteiger partial charge in [0.2, 0.25) is 0 Å². The fourth-order valence-corrected chi connectivity index (χ4v) is 5.53. The first kappa shape index (κ1) is 41.9. The summed E-state index contributed by atoms with van der Waals surface area (Å²) >= 11 is 0. The summed E-state index contributed by atoms with van der Waals surface area (Å²) in [6.07, 6.45) is 30.2. The molecular formula is C37H74N2O4. The third kappa shape index (κ3) is 33.6. The molecule has 43 heavy (non-hydrogen) atoms. The largest absolute Gasteiger partial charge is 0.464 e. The van der Waals surface area contributed by atoms with Crippen LogP contribution in [0.1, 0.15) is 174 Å². The Kier molecular flexibility index (Phi) is 32.9. The molecule has 0 aromatic rings. The fourth-order valence-electron chi connectivity index (χ4n) is 5.53. The van der Waals surface area contributed by atoms with E-state index in [1.807, 2.05) is 0 Å². The molecule has 0 N–H and O–H groups in total. The summed E-state index contributed by atoms with van der Waals surface area (Å²) in [5.74, 6) is -0.162. The molecule has 0 heterocycles. The maximum atomic E-state index is 12.2. The molecule has 0 rings (SSSR count). The molecule has 0 aromatic heterocycles. The molecule has 6 heteroatoms. The monoisotopic (exact) mass is 611 g/mol. The van der Waals surface area contributed by atoms with Gasteiger partial charge in [-0.05, 0) is 46.4 Å². The summed E-state index contributed by atoms with van der Waals surface area (Å²) in [6.45, 7) is 8.64. The molecule has 0 saturated heterocycles. The number of ether oxygens (including phenoxy) is 2. The minimum Gasteiger partial charge on any atom is -0.464 e. The average Bonchev–Trinajstić information content (AvgIpc) is 2.98. The zero-order valence-electron chi connectivity index (χ0n) is 29.4. The predicted molar refractivity (Wildman–Crippen MR) is 184 cm³/mol.